The number of tetrazole rings is 1. The summed E-state index contributed by atoms with van der Waals surface area (Å²) in [6, 6.07) is 12.2. The van der Waals surface area contributed by atoms with E-state index in [-0.39, 0.29) is 5.69 Å². The van der Waals surface area contributed by atoms with Gasteiger partial charge in [-0.25, -0.2) is 9.89 Å². The Bertz CT molecular complexity index is 1250. The molecule has 0 bridgehead atoms. The first-order chi connectivity index (χ1) is 16.0. The Morgan fingerprint density at radius 2 is 1.88 bits per heavy atom. The minimum absolute atomic E-state index is 0.0908. The van der Waals surface area contributed by atoms with Crippen LogP contribution in [0, 0.1) is 12.8 Å². The van der Waals surface area contributed by atoms with Crippen LogP contribution >= 0.6 is 0 Å². The van der Waals surface area contributed by atoms with E-state index in [1.165, 1.54) is 0 Å². The molecule has 8 heteroatoms. The van der Waals surface area contributed by atoms with Gasteiger partial charge in [0.05, 0.1) is 6.54 Å². The third-order valence-electron chi connectivity index (χ3n) is 6.01. The number of rotatable bonds is 9. The van der Waals surface area contributed by atoms with Crippen molar-refractivity contribution in [3.8, 4) is 22.6 Å². The van der Waals surface area contributed by atoms with E-state index in [1.807, 2.05) is 21.3 Å². The van der Waals surface area contributed by atoms with E-state index >= 15 is 0 Å². The Hall–Kier alpha value is -3.55. The molecule has 0 aliphatic heterocycles. The predicted octanol–water partition coefficient (Wildman–Crippen LogP) is 4.25. The van der Waals surface area contributed by atoms with Crippen LogP contribution in [-0.2, 0) is 19.5 Å². The molecule has 3 aromatic heterocycles. The Balaban J connectivity index is 1.63. The monoisotopic (exact) mass is 445 g/mol. The van der Waals surface area contributed by atoms with E-state index in [1.54, 1.807) is 6.20 Å². The molecule has 172 valence electrons. The van der Waals surface area contributed by atoms with Crippen molar-refractivity contribution in [1.29, 1.82) is 0 Å². The summed E-state index contributed by atoms with van der Waals surface area (Å²) in [7, 11) is 0. The number of nitrogens with zero attached hydrogens (tertiary/aromatic N) is 6. The fourth-order valence-electron chi connectivity index (χ4n) is 4.18. The first-order valence-electron chi connectivity index (χ1n) is 11.6. The molecular weight excluding hydrogens is 414 g/mol. The first kappa shape index (κ1) is 22.6. The number of aromatic amines is 1. The molecule has 0 saturated heterocycles. The molecule has 4 rings (SSSR count). The summed E-state index contributed by atoms with van der Waals surface area (Å²) in [5.74, 6) is 1.09. The lowest BCUT2D eigenvalue weighted by molar-refractivity contribution is 0.498. The lowest BCUT2D eigenvalue weighted by Gasteiger charge is -2.10. The van der Waals surface area contributed by atoms with Crippen molar-refractivity contribution in [2.24, 2.45) is 5.92 Å². The zero-order valence-corrected chi connectivity index (χ0v) is 19.7. The van der Waals surface area contributed by atoms with Crippen LogP contribution in [0.2, 0.25) is 0 Å². The van der Waals surface area contributed by atoms with Crippen molar-refractivity contribution in [2.45, 2.75) is 60.0 Å². The normalized spacial score (nSPS) is 11.4. The maximum absolute atomic E-state index is 13.3. The van der Waals surface area contributed by atoms with Crippen LogP contribution in [0.1, 0.15) is 50.6 Å². The average Bonchev–Trinajstić information content (AvgIpc) is 3.42. The van der Waals surface area contributed by atoms with Gasteiger partial charge in [-0.15, -0.1) is 5.10 Å². The fourth-order valence-corrected chi connectivity index (χ4v) is 4.18. The Morgan fingerprint density at radius 1 is 1.09 bits per heavy atom. The topological polar surface area (TPSA) is 94.3 Å². The van der Waals surface area contributed by atoms with Crippen LogP contribution in [0.3, 0.4) is 0 Å². The van der Waals surface area contributed by atoms with Gasteiger partial charge in [-0.2, -0.15) is 0 Å². The molecule has 1 aromatic carbocycles. The maximum atomic E-state index is 13.3. The van der Waals surface area contributed by atoms with Gasteiger partial charge in [-0.3, -0.25) is 14.1 Å². The van der Waals surface area contributed by atoms with Gasteiger partial charge in [0.1, 0.15) is 5.69 Å². The minimum Gasteiger partial charge on any atom is -0.296 e. The number of H-pyrrole nitrogens is 1. The zero-order chi connectivity index (χ0) is 23.4. The predicted molar refractivity (Wildman–Crippen MR) is 129 cm³/mol. The highest BCUT2D eigenvalue weighted by molar-refractivity contribution is 5.77. The molecule has 0 aliphatic carbocycles. The molecule has 0 atom stereocenters. The van der Waals surface area contributed by atoms with Crippen LogP contribution in [-0.4, -0.2) is 34.7 Å². The summed E-state index contributed by atoms with van der Waals surface area (Å²) in [6.45, 7) is 9.96. The highest BCUT2D eigenvalue weighted by Gasteiger charge is 2.17. The lowest BCUT2D eigenvalue weighted by atomic mass is 10.0. The smallest absolute Gasteiger partial charge is 0.296 e. The number of hydrogen-bond acceptors (Lipinski definition) is 5. The van der Waals surface area contributed by atoms with Gasteiger partial charge in [0, 0.05) is 29.7 Å². The number of pyridine rings is 1. The molecule has 3 heterocycles. The van der Waals surface area contributed by atoms with Crippen molar-refractivity contribution in [3.63, 3.8) is 0 Å². The molecule has 0 saturated carbocycles. The molecule has 0 amide bonds. The third-order valence-corrected chi connectivity index (χ3v) is 6.01. The van der Waals surface area contributed by atoms with E-state index in [2.05, 4.69) is 77.6 Å². The van der Waals surface area contributed by atoms with Crippen LogP contribution in [0.25, 0.3) is 22.6 Å². The Kier molecular flexibility index (Phi) is 6.82. The number of benzene rings is 1. The Labute approximate surface area is 193 Å². The van der Waals surface area contributed by atoms with Gasteiger partial charge in [0.2, 0.25) is 0 Å². The van der Waals surface area contributed by atoms with Gasteiger partial charge in [0.15, 0.2) is 5.82 Å². The highest BCUT2D eigenvalue weighted by atomic mass is 16.1. The second-order valence-electron chi connectivity index (χ2n) is 8.83. The number of aromatic nitrogens is 7. The first-order valence-corrected chi connectivity index (χ1v) is 11.6. The van der Waals surface area contributed by atoms with Gasteiger partial charge in [0.25, 0.3) is 0 Å². The number of hydrogen-bond donors (Lipinski definition) is 1. The average molecular weight is 446 g/mol. The Morgan fingerprint density at radius 3 is 2.55 bits per heavy atom. The molecule has 0 fully saturated rings. The quantitative estimate of drug-likeness (QED) is 0.416. The van der Waals surface area contributed by atoms with Crippen LogP contribution in [0.4, 0.5) is 0 Å². The third kappa shape index (κ3) is 4.79. The summed E-state index contributed by atoms with van der Waals surface area (Å²) in [6.07, 6.45) is 4.63. The molecule has 0 aliphatic rings. The summed E-state index contributed by atoms with van der Waals surface area (Å²) in [5.41, 5.74) is 6.09. The van der Waals surface area contributed by atoms with Crippen molar-refractivity contribution >= 4 is 0 Å². The van der Waals surface area contributed by atoms with Crippen LogP contribution in [0.5, 0.6) is 0 Å². The van der Waals surface area contributed by atoms with Gasteiger partial charge >= 0.3 is 5.69 Å². The van der Waals surface area contributed by atoms with E-state index < -0.39 is 0 Å². The van der Waals surface area contributed by atoms with Crippen LogP contribution < -0.4 is 5.69 Å². The molecule has 0 radical (unpaired) electrons. The highest BCUT2D eigenvalue weighted by Crippen LogP contribution is 2.28. The van der Waals surface area contributed by atoms with Crippen molar-refractivity contribution in [1.82, 2.24) is 34.7 Å². The summed E-state index contributed by atoms with van der Waals surface area (Å²) >= 11 is 0. The summed E-state index contributed by atoms with van der Waals surface area (Å²) in [5, 5.41) is 14.1. The lowest BCUT2D eigenvalue weighted by Crippen LogP contribution is -2.26. The number of imidazole rings is 1. The van der Waals surface area contributed by atoms with Gasteiger partial charge in [-0.1, -0.05) is 57.5 Å². The molecule has 8 nitrogen and oxygen atoms in total. The molecule has 0 spiro atoms. The van der Waals surface area contributed by atoms with E-state index in [4.69, 9.17) is 0 Å². The van der Waals surface area contributed by atoms with E-state index in [9.17, 15) is 4.79 Å². The van der Waals surface area contributed by atoms with E-state index in [0.717, 1.165) is 53.9 Å². The van der Waals surface area contributed by atoms with Gasteiger partial charge in [-0.05, 0) is 53.3 Å². The number of nitrogens with one attached hydrogen (secondary N) is 1. The molecule has 33 heavy (non-hydrogen) atoms. The van der Waals surface area contributed by atoms with E-state index in [0.29, 0.717) is 24.0 Å². The van der Waals surface area contributed by atoms with Crippen molar-refractivity contribution in [3.05, 3.63) is 70.0 Å². The maximum Gasteiger partial charge on any atom is 0.328 e. The molecule has 4 aromatic rings. The van der Waals surface area contributed by atoms with Gasteiger partial charge < -0.3 is 0 Å². The van der Waals surface area contributed by atoms with Crippen LogP contribution in [0.15, 0.2) is 47.4 Å². The molecule has 0 unspecified atom stereocenters. The standard InChI is InChI=1S/C25H31N7O/c1-5-7-22-18(4)31(15-13-17(2)3)25(33)32(22)16-19-9-11-20(12-10-19)21-8-6-14-26-23(21)24-27-29-30-28-24/h6,8-12,14,17H,5,7,13,15-16H2,1-4H3,(H,27,28,29,30). The van der Waals surface area contributed by atoms with Crippen molar-refractivity contribution in [2.75, 3.05) is 0 Å². The fraction of sp³-hybridized carbons (Fsp3) is 0.400. The molecule has 1 N–H and O–H groups in total. The zero-order valence-electron chi connectivity index (χ0n) is 19.7. The SMILES string of the molecule is CCCc1c(C)n(CCC(C)C)c(=O)n1Cc1ccc(-c2cccnc2-c2nnn[nH]2)cc1. The minimum atomic E-state index is 0.0908. The summed E-state index contributed by atoms with van der Waals surface area (Å²) < 4.78 is 3.90. The summed E-state index contributed by atoms with van der Waals surface area (Å²) in [4.78, 5) is 17.7. The second-order valence-corrected chi connectivity index (χ2v) is 8.83. The molecular formula is C25H31N7O. The largest absolute Gasteiger partial charge is 0.328 e. The van der Waals surface area contributed by atoms with Crippen molar-refractivity contribution < 1.29 is 0 Å². The second kappa shape index (κ2) is 9.94.